The van der Waals surface area contributed by atoms with Gasteiger partial charge in [0.15, 0.2) is 6.30 Å². The minimum atomic E-state index is -3.42. The average Bonchev–Trinajstić information content (AvgIpc) is 2.52. The number of nitrogens with one attached hydrogen (secondary N) is 1. The molecule has 3 atom stereocenters. The van der Waals surface area contributed by atoms with Crippen molar-refractivity contribution in [1.82, 2.24) is 5.32 Å². The molecule has 1 amide bonds. The molecule has 0 spiro atoms. The molecule has 7 nitrogen and oxygen atoms in total. The van der Waals surface area contributed by atoms with Crippen LogP contribution in [0.5, 0.6) is 0 Å². The van der Waals surface area contributed by atoms with Crippen LogP contribution in [0.1, 0.15) is 66.2 Å². The van der Waals surface area contributed by atoms with Crippen molar-refractivity contribution in [3.05, 3.63) is 0 Å². The van der Waals surface area contributed by atoms with Gasteiger partial charge >= 0.3 is 12.1 Å². The second-order valence-electron chi connectivity index (χ2n) is 8.29. The molecular formula is C18H33FNO6P. The molecule has 0 bridgehead atoms. The molecule has 2 N–H and O–H groups in total. The summed E-state index contributed by atoms with van der Waals surface area (Å²) >= 11 is 0. The third kappa shape index (κ3) is 10.1. The van der Waals surface area contributed by atoms with Crippen LogP contribution >= 0.6 is 7.37 Å². The van der Waals surface area contributed by atoms with Gasteiger partial charge in [0.2, 0.25) is 13.7 Å². The van der Waals surface area contributed by atoms with E-state index >= 15 is 0 Å². The third-order valence-electron chi connectivity index (χ3n) is 4.43. The Kier molecular flexibility index (Phi) is 9.22. The molecule has 0 heterocycles. The fourth-order valence-corrected chi connectivity index (χ4v) is 4.90. The topological polar surface area (TPSA) is 102 Å². The molecule has 0 aromatic rings. The van der Waals surface area contributed by atoms with E-state index in [9.17, 15) is 23.4 Å². The molecule has 0 aromatic heterocycles. The van der Waals surface area contributed by atoms with Crippen LogP contribution in [0.3, 0.4) is 0 Å². The molecule has 0 aliphatic heterocycles. The molecule has 1 saturated carbocycles. The van der Waals surface area contributed by atoms with Crippen LogP contribution in [-0.2, 0) is 18.8 Å². The van der Waals surface area contributed by atoms with E-state index in [-0.39, 0.29) is 24.7 Å². The first kappa shape index (κ1) is 23.9. The van der Waals surface area contributed by atoms with Gasteiger partial charge in [0.05, 0.1) is 5.41 Å². The lowest BCUT2D eigenvalue weighted by Crippen LogP contribution is -2.37. The highest BCUT2D eigenvalue weighted by molar-refractivity contribution is 7.58. The number of esters is 1. The fraction of sp³-hybridized carbons (Fsp3) is 0.889. The Balaban J connectivity index is 2.31. The van der Waals surface area contributed by atoms with Gasteiger partial charge in [0, 0.05) is 25.7 Å². The van der Waals surface area contributed by atoms with Gasteiger partial charge in [-0.1, -0.05) is 19.3 Å². The lowest BCUT2D eigenvalue weighted by atomic mass is 9.91. The lowest BCUT2D eigenvalue weighted by molar-refractivity contribution is -0.174. The van der Waals surface area contributed by atoms with Crippen molar-refractivity contribution in [1.29, 1.82) is 0 Å². The number of alkyl carbamates (subject to hydrolysis) is 1. The predicted octanol–water partition coefficient (Wildman–Crippen LogP) is 4.18. The summed E-state index contributed by atoms with van der Waals surface area (Å²) in [7, 11) is -3.42. The van der Waals surface area contributed by atoms with Gasteiger partial charge < -0.3 is 14.4 Å². The number of hydrogen-bond acceptors (Lipinski definition) is 5. The summed E-state index contributed by atoms with van der Waals surface area (Å²) in [6.07, 6.45) is 0.872. The summed E-state index contributed by atoms with van der Waals surface area (Å²) in [5.41, 5.74) is -0.753. The van der Waals surface area contributed by atoms with E-state index in [2.05, 4.69) is 0 Å². The molecule has 1 aliphatic rings. The van der Waals surface area contributed by atoms with E-state index in [4.69, 9.17) is 9.47 Å². The molecule has 1 aliphatic carbocycles. The van der Waals surface area contributed by atoms with Crippen LogP contribution in [0.15, 0.2) is 0 Å². The molecule has 27 heavy (non-hydrogen) atoms. The second-order valence-corrected chi connectivity index (χ2v) is 10.8. The summed E-state index contributed by atoms with van der Waals surface area (Å²) in [4.78, 5) is 33.4. The van der Waals surface area contributed by atoms with Gasteiger partial charge in [-0.05, 0) is 39.5 Å². The van der Waals surface area contributed by atoms with Gasteiger partial charge in [-0.2, -0.15) is 0 Å². The van der Waals surface area contributed by atoms with Crippen LogP contribution in [-0.4, -0.2) is 41.9 Å². The summed E-state index contributed by atoms with van der Waals surface area (Å²) in [5.74, 6) is -0.326. The first-order valence-electron chi connectivity index (χ1n) is 9.52. The maximum absolute atomic E-state index is 13.9. The largest absolute Gasteiger partial charge is 0.425 e. The summed E-state index contributed by atoms with van der Waals surface area (Å²) in [6.45, 7) is 6.31. The lowest BCUT2D eigenvalue weighted by Gasteiger charge is -2.24. The Morgan fingerprint density at radius 2 is 1.81 bits per heavy atom. The van der Waals surface area contributed by atoms with Crippen molar-refractivity contribution in [2.75, 3.05) is 12.3 Å². The summed E-state index contributed by atoms with van der Waals surface area (Å²) in [5, 5.41) is 1.95. The van der Waals surface area contributed by atoms with Crippen molar-refractivity contribution in [2.24, 2.45) is 11.3 Å². The Hall–Kier alpha value is -1.14. The minimum absolute atomic E-state index is 0.195. The van der Waals surface area contributed by atoms with Crippen LogP contribution in [0.25, 0.3) is 0 Å². The molecule has 1 fully saturated rings. The highest BCUT2D eigenvalue weighted by Crippen LogP contribution is 2.46. The SMILES string of the molecule is CC(OC(=O)NC(F)CCP(=O)(O)CC1CCCCC1)OC(=O)C(C)(C)C. The van der Waals surface area contributed by atoms with E-state index in [1.165, 1.54) is 6.92 Å². The van der Waals surface area contributed by atoms with Crippen LogP contribution < -0.4 is 5.32 Å². The van der Waals surface area contributed by atoms with Crippen molar-refractivity contribution in [3.63, 3.8) is 0 Å². The van der Waals surface area contributed by atoms with E-state index in [0.29, 0.717) is 0 Å². The first-order valence-corrected chi connectivity index (χ1v) is 11.6. The summed E-state index contributed by atoms with van der Waals surface area (Å²) in [6, 6.07) is 0. The average molecular weight is 409 g/mol. The number of amides is 1. The van der Waals surface area contributed by atoms with Crippen molar-refractivity contribution < 1.29 is 32.9 Å². The molecule has 158 valence electrons. The smallest absolute Gasteiger partial charge is 0.412 e. The highest BCUT2D eigenvalue weighted by atomic mass is 31.2. The highest BCUT2D eigenvalue weighted by Gasteiger charge is 2.28. The maximum atomic E-state index is 13.9. The maximum Gasteiger partial charge on any atom is 0.412 e. The first-order chi connectivity index (χ1) is 12.4. The second kappa shape index (κ2) is 10.4. The Morgan fingerprint density at radius 1 is 1.22 bits per heavy atom. The fourth-order valence-electron chi connectivity index (χ4n) is 2.92. The third-order valence-corrected chi connectivity index (χ3v) is 6.48. The Labute approximate surface area is 160 Å². The number of carbonyl (C=O) groups excluding carboxylic acids is 2. The quantitative estimate of drug-likeness (QED) is 0.270. The normalized spacial score (nSPS) is 20.2. The minimum Gasteiger partial charge on any atom is -0.425 e. The zero-order chi connectivity index (χ0) is 20.7. The van der Waals surface area contributed by atoms with E-state index in [1.54, 1.807) is 20.8 Å². The zero-order valence-electron chi connectivity index (χ0n) is 16.7. The number of rotatable bonds is 8. The Bertz CT molecular complexity index is 544. The van der Waals surface area contributed by atoms with Crippen LogP contribution in [0, 0.1) is 11.3 Å². The Morgan fingerprint density at radius 3 is 2.37 bits per heavy atom. The molecular weight excluding hydrogens is 376 g/mol. The standard InChI is InChI=1S/C18H33FNO6P/c1-13(25-16(21)18(2,3)4)26-17(22)20-15(19)10-11-27(23,24)12-14-8-6-5-7-9-14/h13-15H,5-12H2,1-4H3,(H,20,22)(H,23,24). The molecule has 9 heteroatoms. The number of alkyl halides is 1. The molecule has 3 unspecified atom stereocenters. The molecule has 0 aromatic carbocycles. The number of hydrogen-bond donors (Lipinski definition) is 2. The summed E-state index contributed by atoms with van der Waals surface area (Å²) < 4.78 is 35.9. The van der Waals surface area contributed by atoms with Gasteiger partial charge in [-0.3, -0.25) is 14.7 Å². The van der Waals surface area contributed by atoms with Crippen LogP contribution in [0.2, 0.25) is 0 Å². The van der Waals surface area contributed by atoms with Crippen molar-refractivity contribution >= 4 is 19.4 Å². The van der Waals surface area contributed by atoms with Gasteiger partial charge in [-0.15, -0.1) is 0 Å². The molecule has 0 radical (unpaired) electrons. The molecule has 0 saturated heterocycles. The van der Waals surface area contributed by atoms with E-state index < -0.39 is 37.4 Å². The van der Waals surface area contributed by atoms with E-state index in [1.807, 2.05) is 5.32 Å². The van der Waals surface area contributed by atoms with Gasteiger partial charge in [0.1, 0.15) is 0 Å². The number of ether oxygens (including phenoxy) is 2. The number of halogens is 1. The van der Waals surface area contributed by atoms with E-state index in [0.717, 1.165) is 32.1 Å². The predicted molar refractivity (Wildman–Crippen MR) is 100 cm³/mol. The number of carbonyl (C=O) groups is 2. The van der Waals surface area contributed by atoms with Crippen LogP contribution in [0.4, 0.5) is 9.18 Å². The van der Waals surface area contributed by atoms with Gasteiger partial charge in [0.25, 0.3) is 0 Å². The van der Waals surface area contributed by atoms with Crippen molar-refractivity contribution in [3.8, 4) is 0 Å². The zero-order valence-corrected chi connectivity index (χ0v) is 17.6. The van der Waals surface area contributed by atoms with Crippen molar-refractivity contribution in [2.45, 2.75) is 78.8 Å². The monoisotopic (exact) mass is 409 g/mol. The van der Waals surface area contributed by atoms with Gasteiger partial charge in [-0.25, -0.2) is 9.18 Å². The molecule has 1 rings (SSSR count).